The first-order chi connectivity index (χ1) is 24.9. The van der Waals surface area contributed by atoms with Crippen LogP contribution in [-0.4, -0.2) is 75.0 Å². The molecule has 1 saturated heterocycles. The van der Waals surface area contributed by atoms with Crippen molar-refractivity contribution in [3.63, 3.8) is 0 Å². The summed E-state index contributed by atoms with van der Waals surface area (Å²) in [7, 11) is 0. The van der Waals surface area contributed by atoms with E-state index in [4.69, 9.17) is 9.47 Å². The number of carbonyl (C=O) groups excluding carboxylic acids is 2. The fourth-order valence-electron chi connectivity index (χ4n) is 13.5. The predicted molar refractivity (Wildman–Crippen MR) is 206 cm³/mol. The lowest BCUT2D eigenvalue weighted by Crippen LogP contribution is -2.62. The van der Waals surface area contributed by atoms with Gasteiger partial charge in [0.1, 0.15) is 6.04 Å². The van der Waals surface area contributed by atoms with Crippen LogP contribution in [0.2, 0.25) is 0 Å². The van der Waals surface area contributed by atoms with E-state index in [1.165, 1.54) is 11.3 Å². The topological polar surface area (TPSA) is 101 Å². The Balaban J connectivity index is 1.19. The summed E-state index contributed by atoms with van der Waals surface area (Å²) in [6.07, 6.45) is 9.88. The summed E-state index contributed by atoms with van der Waals surface area (Å²) in [4.78, 5) is 29.9. The molecule has 9 atom stereocenters. The molecule has 1 aromatic heterocycles. The van der Waals surface area contributed by atoms with Crippen LogP contribution >= 0.6 is 0 Å². The number of benzene rings is 1. The third-order valence-corrected chi connectivity index (χ3v) is 15.7. The molecule has 0 radical (unpaired) electrons. The molecule has 1 amide bonds. The van der Waals surface area contributed by atoms with Crippen LogP contribution < -0.4 is 0 Å². The average molecular weight is 723 g/mol. The number of fused-ring (bicyclic) bond motifs is 11. The van der Waals surface area contributed by atoms with Crippen LogP contribution in [-0.2, 0) is 26.1 Å². The summed E-state index contributed by atoms with van der Waals surface area (Å²) >= 11 is 0. The van der Waals surface area contributed by atoms with Crippen molar-refractivity contribution in [3.8, 4) is 0 Å². The highest BCUT2D eigenvalue weighted by atomic mass is 16.5. The van der Waals surface area contributed by atoms with Crippen LogP contribution in [0.15, 0.2) is 36.4 Å². The molecule has 3 aliphatic heterocycles. The lowest BCUT2D eigenvalue weighted by molar-refractivity contribution is -0.145. The molecule has 2 saturated carbocycles. The first-order valence-corrected chi connectivity index (χ1v) is 20.1. The number of hydrogen-bond acceptors (Lipinski definition) is 6. The van der Waals surface area contributed by atoms with Crippen LogP contribution in [0.4, 0.5) is 0 Å². The Morgan fingerprint density at radius 3 is 2.47 bits per heavy atom. The zero-order valence-electron chi connectivity index (χ0n) is 33.0. The van der Waals surface area contributed by atoms with Crippen molar-refractivity contribution in [2.45, 2.75) is 129 Å². The molecule has 1 aromatic carbocycles. The summed E-state index contributed by atoms with van der Waals surface area (Å²) in [6.45, 7) is 24.2. The molecule has 4 heterocycles. The van der Waals surface area contributed by atoms with E-state index in [1.54, 1.807) is 0 Å². The van der Waals surface area contributed by atoms with Gasteiger partial charge in [0.15, 0.2) is 5.78 Å². The van der Waals surface area contributed by atoms with Crippen molar-refractivity contribution in [1.29, 1.82) is 0 Å². The molecule has 284 valence electrons. The number of rotatable bonds is 4. The standard InChI is InChI=1S/C45H58N2O6/c1-24(2)36-39(51)34-33-26(29-23-41(3,4)53-42(5,6)35(29)38(33)50)22-27-28-21-25-12-13-30-43(7,15-10-11-32(49)46-17-19-52-20-18-46)31(48)14-16-44(30,8)45(25,9)40(28)47(36)37(27)34/h10,15,22-23,25,30-31,35-36,38,48,50H,1,11-14,16-21H2,2-9H3/b15-10+/t25?,30-,31-,35?,36-,38+,43-,44-,45+/m0/s1. The zero-order valence-corrected chi connectivity index (χ0v) is 33.0. The lowest BCUT2D eigenvalue weighted by atomic mass is 9.40. The molecule has 8 nitrogen and oxygen atoms in total. The largest absolute Gasteiger partial charge is 0.392 e. The number of nitrogens with zero attached hydrogens (tertiary/aromatic N) is 2. The molecule has 0 spiro atoms. The molecule has 2 unspecified atom stereocenters. The van der Waals surface area contributed by atoms with Gasteiger partial charge in [-0.3, -0.25) is 9.59 Å². The van der Waals surface area contributed by atoms with Crippen molar-refractivity contribution in [3.05, 3.63) is 64.4 Å². The van der Waals surface area contributed by atoms with Crippen LogP contribution in [0.25, 0.3) is 16.5 Å². The van der Waals surface area contributed by atoms with Gasteiger partial charge >= 0.3 is 0 Å². The summed E-state index contributed by atoms with van der Waals surface area (Å²) in [6, 6.07) is 1.78. The molecule has 2 N–H and O–H groups in total. The Morgan fingerprint density at radius 2 is 1.77 bits per heavy atom. The highest BCUT2D eigenvalue weighted by Crippen LogP contribution is 2.71. The number of aliphatic hydroxyl groups is 2. The zero-order chi connectivity index (χ0) is 37.8. The number of morpholine rings is 1. The molecule has 53 heavy (non-hydrogen) atoms. The van der Waals surface area contributed by atoms with Crippen LogP contribution in [0.5, 0.6) is 0 Å². The van der Waals surface area contributed by atoms with Gasteiger partial charge in [-0.25, -0.2) is 0 Å². The normalized spacial score (nSPS) is 39.1. The van der Waals surface area contributed by atoms with E-state index in [1.807, 2.05) is 17.9 Å². The minimum atomic E-state index is -0.852. The fourth-order valence-corrected chi connectivity index (χ4v) is 13.5. The second-order valence-electron chi connectivity index (χ2n) is 19.4. The Kier molecular flexibility index (Phi) is 7.58. The Labute approximate surface area is 314 Å². The Bertz CT molecular complexity index is 2050. The van der Waals surface area contributed by atoms with Gasteiger partial charge in [-0.15, -0.1) is 0 Å². The summed E-state index contributed by atoms with van der Waals surface area (Å²) < 4.78 is 14.4. The van der Waals surface area contributed by atoms with Crippen LogP contribution in [0, 0.1) is 28.6 Å². The Hall–Kier alpha value is -3.04. The third-order valence-electron chi connectivity index (χ3n) is 15.7. The van der Waals surface area contributed by atoms with E-state index >= 15 is 0 Å². The molecular formula is C45H58N2O6. The lowest BCUT2D eigenvalue weighted by Gasteiger charge is -2.64. The predicted octanol–water partition coefficient (Wildman–Crippen LogP) is 7.40. The van der Waals surface area contributed by atoms with Gasteiger partial charge in [0.25, 0.3) is 0 Å². The maximum Gasteiger partial charge on any atom is 0.226 e. The summed E-state index contributed by atoms with van der Waals surface area (Å²) in [5.74, 6) is 0.448. The number of allylic oxidation sites excluding steroid dienone is 1. The first-order valence-electron chi connectivity index (χ1n) is 20.1. The van der Waals surface area contributed by atoms with Crippen molar-refractivity contribution in [2.24, 2.45) is 28.6 Å². The summed E-state index contributed by atoms with van der Waals surface area (Å²) in [5, 5.41) is 25.2. The third kappa shape index (κ3) is 4.50. The van der Waals surface area contributed by atoms with Gasteiger partial charge in [0.05, 0.1) is 47.7 Å². The molecule has 4 aliphatic carbocycles. The second kappa shape index (κ2) is 11.3. The highest BCUT2D eigenvalue weighted by Gasteiger charge is 2.68. The molecule has 3 fully saturated rings. The number of ether oxygens (including phenoxy) is 2. The highest BCUT2D eigenvalue weighted by molar-refractivity contribution is 6.18. The molecule has 7 aliphatic rings. The van der Waals surface area contributed by atoms with Crippen LogP contribution in [0.1, 0.15) is 132 Å². The second-order valence-corrected chi connectivity index (χ2v) is 19.4. The molecule has 2 aromatic rings. The number of hydrogen-bond donors (Lipinski definition) is 2. The number of aliphatic hydroxyl groups excluding tert-OH is 2. The number of amides is 1. The van der Waals surface area contributed by atoms with E-state index in [0.29, 0.717) is 50.6 Å². The number of aromatic nitrogens is 1. The maximum atomic E-state index is 14.9. The fraction of sp³-hybridized carbons (Fsp3) is 0.644. The molecule has 9 rings (SSSR count). The van der Waals surface area contributed by atoms with Crippen molar-refractivity contribution in [1.82, 2.24) is 9.47 Å². The molecular weight excluding hydrogens is 665 g/mol. The van der Waals surface area contributed by atoms with Gasteiger partial charge < -0.3 is 29.2 Å². The number of carbonyl (C=O) groups is 2. The maximum absolute atomic E-state index is 14.9. The van der Waals surface area contributed by atoms with Gasteiger partial charge in [0, 0.05) is 52.9 Å². The van der Waals surface area contributed by atoms with E-state index in [0.717, 1.165) is 58.9 Å². The number of Topliss-reactive ketones (excluding diaryl/α,β-unsaturated/α-hetero) is 1. The van der Waals surface area contributed by atoms with Crippen molar-refractivity contribution in [2.75, 3.05) is 26.3 Å². The monoisotopic (exact) mass is 722 g/mol. The minimum absolute atomic E-state index is 0.0368. The smallest absolute Gasteiger partial charge is 0.226 e. The van der Waals surface area contributed by atoms with Gasteiger partial charge in [-0.05, 0) is 113 Å². The van der Waals surface area contributed by atoms with E-state index in [-0.39, 0.29) is 34.4 Å². The SMILES string of the molecule is C=C(C)[C@H]1C(=O)c2c3c(cc4c5c(n1c24)[C@@]1(C)C(CC[C@H]2[C@](C)(/C=C/CC(=O)N4CCOCC4)[C@@H](O)CC[C@@]21C)C5)C1=CC(C)(C)OC(C)(C)C1[C@@H]3O. The van der Waals surface area contributed by atoms with Crippen LogP contribution in [0.3, 0.4) is 0 Å². The first kappa shape index (κ1) is 35.6. The van der Waals surface area contributed by atoms with Crippen molar-refractivity contribution >= 4 is 28.2 Å². The number of ketones is 1. The van der Waals surface area contributed by atoms with Gasteiger partial charge in [-0.1, -0.05) is 45.1 Å². The summed E-state index contributed by atoms with van der Waals surface area (Å²) in [5.41, 5.74) is 5.82. The quantitative estimate of drug-likeness (QED) is 0.319. The molecule has 8 heteroatoms. The Morgan fingerprint density at radius 1 is 1.06 bits per heavy atom. The van der Waals surface area contributed by atoms with Gasteiger partial charge in [-0.2, -0.15) is 0 Å². The molecule has 0 bridgehead atoms. The van der Waals surface area contributed by atoms with Crippen molar-refractivity contribution < 1.29 is 29.3 Å². The van der Waals surface area contributed by atoms with E-state index in [9.17, 15) is 19.8 Å². The van der Waals surface area contributed by atoms with E-state index < -0.39 is 34.9 Å². The minimum Gasteiger partial charge on any atom is -0.392 e. The average Bonchev–Trinajstić information content (AvgIpc) is 3.76. The van der Waals surface area contributed by atoms with E-state index in [2.05, 4.69) is 77.8 Å². The van der Waals surface area contributed by atoms with Gasteiger partial charge in [0.2, 0.25) is 5.91 Å².